The Morgan fingerprint density at radius 3 is 2.88 bits per heavy atom. The number of hydrogen-bond donors (Lipinski definition) is 1. The highest BCUT2D eigenvalue weighted by Crippen LogP contribution is 2.22. The van der Waals surface area contributed by atoms with Gasteiger partial charge in [0.2, 0.25) is 11.8 Å². The summed E-state index contributed by atoms with van der Waals surface area (Å²) in [6, 6.07) is 9.58. The summed E-state index contributed by atoms with van der Waals surface area (Å²) in [5.41, 5.74) is 1.85. The number of rotatable bonds is 5. The third-order valence-electron chi connectivity index (χ3n) is 4.59. The largest absolute Gasteiger partial charge is 0.481 e. The molecule has 0 saturated carbocycles. The fourth-order valence-corrected chi connectivity index (χ4v) is 3.20. The highest BCUT2D eigenvalue weighted by molar-refractivity contribution is 5.85. The van der Waals surface area contributed by atoms with Gasteiger partial charge in [0.25, 0.3) is 0 Å². The number of carbonyl (C=O) groups excluding carboxylic acids is 1. The van der Waals surface area contributed by atoms with Crippen molar-refractivity contribution in [2.45, 2.75) is 25.1 Å². The van der Waals surface area contributed by atoms with Gasteiger partial charge in [0, 0.05) is 31.7 Å². The first kappa shape index (κ1) is 16.7. The second-order valence-electron chi connectivity index (χ2n) is 6.11. The van der Waals surface area contributed by atoms with Crippen molar-refractivity contribution in [3.63, 3.8) is 0 Å². The van der Waals surface area contributed by atoms with Gasteiger partial charge in [0.15, 0.2) is 0 Å². The normalized spacial score (nSPS) is 21.1. The van der Waals surface area contributed by atoms with Crippen LogP contribution in [0.1, 0.15) is 12.0 Å². The van der Waals surface area contributed by atoms with Crippen molar-refractivity contribution in [1.82, 2.24) is 15.2 Å². The number of aromatic nitrogens is 1. The van der Waals surface area contributed by atoms with E-state index in [0.717, 1.165) is 29.4 Å². The van der Waals surface area contributed by atoms with Crippen LogP contribution in [0.3, 0.4) is 0 Å². The number of carbonyl (C=O) groups is 1. The molecule has 0 radical (unpaired) electrons. The molecule has 6 heteroatoms. The number of hydrogen-bond acceptors (Lipinski definition) is 5. The molecule has 0 aliphatic carbocycles. The molecule has 0 bridgehead atoms. The van der Waals surface area contributed by atoms with Gasteiger partial charge in [0.1, 0.15) is 0 Å². The van der Waals surface area contributed by atoms with Crippen LogP contribution in [0.5, 0.6) is 5.88 Å². The lowest BCUT2D eigenvalue weighted by molar-refractivity contribution is -0.125. The van der Waals surface area contributed by atoms with Crippen LogP contribution in [0.15, 0.2) is 30.3 Å². The van der Waals surface area contributed by atoms with Gasteiger partial charge in [-0.25, -0.2) is 4.98 Å². The maximum absolute atomic E-state index is 12.5. The SMILES string of the molecule is COc1cc(CNC(=O)[C@@H]2C[C@H](OC)CN2C)c2ccccc2n1. The maximum Gasteiger partial charge on any atom is 0.237 e. The summed E-state index contributed by atoms with van der Waals surface area (Å²) in [7, 11) is 5.24. The van der Waals surface area contributed by atoms with Crippen molar-refractivity contribution in [3.05, 3.63) is 35.9 Å². The summed E-state index contributed by atoms with van der Waals surface area (Å²) in [5, 5.41) is 4.06. The monoisotopic (exact) mass is 329 g/mol. The first-order chi connectivity index (χ1) is 11.6. The van der Waals surface area contributed by atoms with E-state index in [4.69, 9.17) is 9.47 Å². The van der Waals surface area contributed by atoms with E-state index in [-0.39, 0.29) is 18.1 Å². The molecular formula is C18H23N3O3. The van der Waals surface area contributed by atoms with Gasteiger partial charge in [-0.2, -0.15) is 0 Å². The van der Waals surface area contributed by atoms with Crippen molar-refractivity contribution >= 4 is 16.8 Å². The summed E-state index contributed by atoms with van der Waals surface area (Å²) in [5.74, 6) is 0.576. The lowest BCUT2D eigenvalue weighted by atomic mass is 10.1. The summed E-state index contributed by atoms with van der Waals surface area (Å²) in [6.07, 6.45) is 0.840. The van der Waals surface area contributed by atoms with E-state index in [1.165, 1.54) is 0 Å². The summed E-state index contributed by atoms with van der Waals surface area (Å²) in [4.78, 5) is 19.0. The van der Waals surface area contributed by atoms with Gasteiger partial charge in [0.05, 0.1) is 24.8 Å². The van der Waals surface area contributed by atoms with Gasteiger partial charge in [-0.1, -0.05) is 18.2 Å². The van der Waals surface area contributed by atoms with E-state index in [9.17, 15) is 4.79 Å². The Balaban J connectivity index is 1.75. The van der Waals surface area contributed by atoms with Gasteiger partial charge in [-0.05, 0) is 25.1 Å². The zero-order valence-electron chi connectivity index (χ0n) is 14.3. The van der Waals surface area contributed by atoms with Gasteiger partial charge in [-0.15, -0.1) is 0 Å². The first-order valence-corrected chi connectivity index (χ1v) is 8.05. The molecule has 3 rings (SSSR count). The second-order valence-corrected chi connectivity index (χ2v) is 6.11. The third-order valence-corrected chi connectivity index (χ3v) is 4.59. The molecule has 24 heavy (non-hydrogen) atoms. The van der Waals surface area contributed by atoms with E-state index in [1.807, 2.05) is 42.3 Å². The number of fused-ring (bicyclic) bond motifs is 1. The highest BCUT2D eigenvalue weighted by atomic mass is 16.5. The van der Waals surface area contributed by atoms with Crippen molar-refractivity contribution in [2.24, 2.45) is 0 Å². The number of ether oxygens (including phenoxy) is 2. The number of pyridine rings is 1. The Kier molecular flexibility index (Phi) is 4.97. The second kappa shape index (κ2) is 7.15. The number of likely N-dealkylation sites (tertiary alicyclic amines) is 1. The summed E-state index contributed by atoms with van der Waals surface area (Å²) in [6.45, 7) is 1.22. The molecule has 1 saturated heterocycles. The number of methoxy groups -OCH3 is 2. The number of nitrogens with zero attached hydrogens (tertiary/aromatic N) is 2. The molecule has 1 aromatic heterocycles. The van der Waals surface area contributed by atoms with E-state index in [0.29, 0.717) is 12.4 Å². The van der Waals surface area contributed by atoms with E-state index < -0.39 is 0 Å². The molecule has 0 spiro atoms. The van der Waals surface area contributed by atoms with Gasteiger partial charge < -0.3 is 14.8 Å². The Hall–Kier alpha value is -2.18. The van der Waals surface area contributed by atoms with Crippen LogP contribution < -0.4 is 10.1 Å². The molecule has 1 N–H and O–H groups in total. The van der Waals surface area contributed by atoms with E-state index >= 15 is 0 Å². The fourth-order valence-electron chi connectivity index (χ4n) is 3.20. The van der Waals surface area contributed by atoms with Crippen LogP contribution in [0.4, 0.5) is 0 Å². The lowest BCUT2D eigenvalue weighted by Gasteiger charge is -2.18. The van der Waals surface area contributed by atoms with Crippen molar-refractivity contribution in [3.8, 4) is 5.88 Å². The average Bonchev–Trinajstić information content (AvgIpc) is 3.00. The minimum atomic E-state index is -0.148. The van der Waals surface area contributed by atoms with Crippen LogP contribution >= 0.6 is 0 Å². The molecule has 1 fully saturated rings. The predicted molar refractivity (Wildman–Crippen MR) is 92.0 cm³/mol. The Morgan fingerprint density at radius 1 is 1.38 bits per heavy atom. The molecule has 1 aliphatic heterocycles. The van der Waals surface area contributed by atoms with Crippen molar-refractivity contribution in [1.29, 1.82) is 0 Å². The van der Waals surface area contributed by atoms with Crippen LogP contribution in [-0.2, 0) is 16.1 Å². The minimum absolute atomic E-state index is 0.0249. The fraction of sp³-hybridized carbons (Fsp3) is 0.444. The highest BCUT2D eigenvalue weighted by Gasteiger charge is 2.34. The van der Waals surface area contributed by atoms with Crippen LogP contribution in [0.25, 0.3) is 10.9 Å². The number of nitrogens with one attached hydrogen (secondary N) is 1. The molecule has 2 heterocycles. The molecular weight excluding hydrogens is 306 g/mol. The number of para-hydroxylation sites is 1. The number of likely N-dealkylation sites (N-methyl/N-ethyl adjacent to an activating group) is 1. The molecule has 2 atom stereocenters. The standard InChI is InChI=1S/C18H23N3O3/c1-21-11-13(23-2)9-16(21)18(22)19-10-12-8-17(24-3)20-15-7-5-4-6-14(12)15/h4-8,13,16H,9-11H2,1-3H3,(H,19,22)/t13-,16-/m0/s1. The Bertz CT molecular complexity index is 735. The zero-order chi connectivity index (χ0) is 17.1. The first-order valence-electron chi connectivity index (χ1n) is 8.05. The predicted octanol–water partition coefficient (Wildman–Crippen LogP) is 1.58. The van der Waals surface area contributed by atoms with Crippen LogP contribution in [-0.4, -0.2) is 55.7 Å². The van der Waals surface area contributed by atoms with Gasteiger partial charge in [-0.3, -0.25) is 9.69 Å². The zero-order valence-corrected chi connectivity index (χ0v) is 14.3. The molecule has 1 aliphatic rings. The molecule has 6 nitrogen and oxygen atoms in total. The minimum Gasteiger partial charge on any atom is -0.481 e. The average molecular weight is 329 g/mol. The Morgan fingerprint density at radius 2 is 2.17 bits per heavy atom. The Labute approximate surface area is 141 Å². The van der Waals surface area contributed by atoms with Crippen molar-refractivity contribution < 1.29 is 14.3 Å². The molecule has 2 aromatic rings. The third kappa shape index (κ3) is 3.34. The van der Waals surface area contributed by atoms with Crippen molar-refractivity contribution in [2.75, 3.05) is 27.8 Å². The molecule has 1 aromatic carbocycles. The van der Waals surface area contributed by atoms with Crippen LogP contribution in [0, 0.1) is 0 Å². The smallest absolute Gasteiger partial charge is 0.237 e. The lowest BCUT2D eigenvalue weighted by Crippen LogP contribution is -2.41. The van der Waals surface area contributed by atoms with E-state index in [1.54, 1.807) is 14.2 Å². The quantitative estimate of drug-likeness (QED) is 0.902. The summed E-state index contributed by atoms with van der Waals surface area (Å²) >= 11 is 0. The molecule has 1 amide bonds. The number of amides is 1. The topological polar surface area (TPSA) is 63.7 Å². The maximum atomic E-state index is 12.5. The molecule has 0 unspecified atom stereocenters. The van der Waals surface area contributed by atoms with Gasteiger partial charge >= 0.3 is 0 Å². The van der Waals surface area contributed by atoms with E-state index in [2.05, 4.69) is 10.3 Å². The molecule has 128 valence electrons. The number of benzene rings is 1. The summed E-state index contributed by atoms with van der Waals surface area (Å²) < 4.78 is 10.6. The van der Waals surface area contributed by atoms with Crippen LogP contribution in [0.2, 0.25) is 0 Å².